The summed E-state index contributed by atoms with van der Waals surface area (Å²) in [6.07, 6.45) is 0. The predicted molar refractivity (Wildman–Crippen MR) is 104 cm³/mol. The first-order valence-electron chi connectivity index (χ1n) is 8.29. The standard InChI is InChI=1S/C21H21NO5/c1-24-16-10-8-14(9-11-16)17-6-5-7-20(23)22(17)15-12-18(25-2)21(27-4)19(13-15)26-3/h5-13H,1-4H3. The molecule has 0 aliphatic rings. The maximum atomic E-state index is 12.7. The Morgan fingerprint density at radius 2 is 1.37 bits per heavy atom. The zero-order valence-electron chi connectivity index (χ0n) is 15.7. The molecule has 1 aromatic heterocycles. The Balaban J connectivity index is 2.24. The minimum atomic E-state index is -0.169. The molecule has 140 valence electrons. The molecule has 2 aromatic carbocycles. The van der Waals surface area contributed by atoms with Gasteiger partial charge in [-0.3, -0.25) is 9.36 Å². The van der Waals surface area contributed by atoms with Crippen molar-refractivity contribution in [2.24, 2.45) is 0 Å². The number of rotatable bonds is 6. The van der Waals surface area contributed by atoms with E-state index in [-0.39, 0.29) is 5.56 Å². The van der Waals surface area contributed by atoms with Gasteiger partial charge in [0.25, 0.3) is 5.56 Å². The van der Waals surface area contributed by atoms with Crippen LogP contribution in [-0.2, 0) is 0 Å². The van der Waals surface area contributed by atoms with Gasteiger partial charge in [0, 0.05) is 18.2 Å². The molecule has 3 aromatic rings. The van der Waals surface area contributed by atoms with Crippen molar-refractivity contribution in [2.45, 2.75) is 0 Å². The highest BCUT2D eigenvalue weighted by molar-refractivity contribution is 5.66. The van der Waals surface area contributed by atoms with E-state index in [4.69, 9.17) is 18.9 Å². The fourth-order valence-electron chi connectivity index (χ4n) is 2.94. The van der Waals surface area contributed by atoms with Gasteiger partial charge in [-0.05, 0) is 35.9 Å². The fraction of sp³-hybridized carbons (Fsp3) is 0.190. The number of pyridine rings is 1. The molecule has 1 heterocycles. The molecule has 0 fully saturated rings. The molecule has 0 unspecified atom stereocenters. The van der Waals surface area contributed by atoms with Crippen LogP contribution in [0.4, 0.5) is 0 Å². The summed E-state index contributed by atoms with van der Waals surface area (Å²) in [6, 6.07) is 16.1. The molecule has 0 saturated carbocycles. The summed E-state index contributed by atoms with van der Waals surface area (Å²) in [5, 5.41) is 0. The zero-order valence-corrected chi connectivity index (χ0v) is 15.7. The Morgan fingerprint density at radius 1 is 0.741 bits per heavy atom. The molecule has 0 radical (unpaired) electrons. The lowest BCUT2D eigenvalue weighted by Crippen LogP contribution is -2.19. The van der Waals surface area contributed by atoms with E-state index in [2.05, 4.69) is 0 Å². The molecule has 3 rings (SSSR count). The normalized spacial score (nSPS) is 10.4. The van der Waals surface area contributed by atoms with Crippen LogP contribution in [0.25, 0.3) is 16.9 Å². The summed E-state index contributed by atoms with van der Waals surface area (Å²) in [5.41, 5.74) is 2.06. The molecule has 0 amide bonds. The third-order valence-corrected chi connectivity index (χ3v) is 4.25. The molecule has 0 aliphatic heterocycles. The van der Waals surface area contributed by atoms with Gasteiger partial charge in [-0.1, -0.05) is 6.07 Å². The fourth-order valence-corrected chi connectivity index (χ4v) is 2.94. The second kappa shape index (κ2) is 7.86. The zero-order chi connectivity index (χ0) is 19.4. The largest absolute Gasteiger partial charge is 0.497 e. The van der Waals surface area contributed by atoms with Crippen LogP contribution >= 0.6 is 0 Å². The van der Waals surface area contributed by atoms with Gasteiger partial charge < -0.3 is 18.9 Å². The topological polar surface area (TPSA) is 58.9 Å². The molecule has 0 saturated heterocycles. The minimum Gasteiger partial charge on any atom is -0.497 e. The van der Waals surface area contributed by atoms with E-state index in [1.54, 1.807) is 44.1 Å². The van der Waals surface area contributed by atoms with Crippen molar-refractivity contribution < 1.29 is 18.9 Å². The number of methoxy groups -OCH3 is 4. The summed E-state index contributed by atoms with van der Waals surface area (Å²) in [4.78, 5) is 12.7. The van der Waals surface area contributed by atoms with E-state index in [1.165, 1.54) is 13.2 Å². The lowest BCUT2D eigenvalue weighted by molar-refractivity contribution is 0.324. The number of nitrogens with zero attached hydrogens (tertiary/aromatic N) is 1. The van der Waals surface area contributed by atoms with E-state index >= 15 is 0 Å². The van der Waals surface area contributed by atoms with Crippen LogP contribution in [0, 0.1) is 0 Å². The number of benzene rings is 2. The SMILES string of the molecule is COc1ccc(-c2cccc(=O)n2-c2cc(OC)c(OC)c(OC)c2)cc1. The second-order valence-electron chi connectivity index (χ2n) is 5.70. The Bertz CT molecular complexity index is 967. The van der Waals surface area contributed by atoms with Gasteiger partial charge in [0.2, 0.25) is 5.75 Å². The van der Waals surface area contributed by atoms with Gasteiger partial charge in [0.1, 0.15) is 5.75 Å². The Morgan fingerprint density at radius 3 is 1.89 bits per heavy atom. The number of hydrogen-bond acceptors (Lipinski definition) is 5. The highest BCUT2D eigenvalue weighted by Crippen LogP contribution is 2.39. The van der Waals surface area contributed by atoms with Crippen LogP contribution in [0.2, 0.25) is 0 Å². The van der Waals surface area contributed by atoms with Gasteiger partial charge in [-0.2, -0.15) is 0 Å². The molecule has 27 heavy (non-hydrogen) atoms. The quantitative estimate of drug-likeness (QED) is 0.667. The molecule has 6 heteroatoms. The van der Waals surface area contributed by atoms with Crippen molar-refractivity contribution in [2.75, 3.05) is 28.4 Å². The Kier molecular flexibility index (Phi) is 5.35. The summed E-state index contributed by atoms with van der Waals surface area (Å²) in [7, 11) is 6.24. The van der Waals surface area contributed by atoms with Crippen molar-refractivity contribution in [1.82, 2.24) is 4.57 Å². The number of aromatic nitrogens is 1. The lowest BCUT2D eigenvalue weighted by atomic mass is 10.1. The molecule has 0 aliphatic carbocycles. The maximum Gasteiger partial charge on any atom is 0.255 e. The summed E-state index contributed by atoms with van der Waals surface area (Å²) in [5.74, 6) is 2.17. The maximum absolute atomic E-state index is 12.7. The average molecular weight is 367 g/mol. The van der Waals surface area contributed by atoms with Crippen LogP contribution in [0.1, 0.15) is 0 Å². The predicted octanol–water partition coefficient (Wildman–Crippen LogP) is 3.54. The van der Waals surface area contributed by atoms with Crippen LogP contribution in [0.15, 0.2) is 59.4 Å². The highest BCUT2D eigenvalue weighted by atomic mass is 16.5. The minimum absolute atomic E-state index is 0.169. The third-order valence-electron chi connectivity index (χ3n) is 4.25. The number of ether oxygens (including phenoxy) is 4. The van der Waals surface area contributed by atoms with E-state index in [0.717, 1.165) is 17.0 Å². The monoisotopic (exact) mass is 367 g/mol. The third kappa shape index (κ3) is 3.46. The highest BCUT2D eigenvalue weighted by Gasteiger charge is 2.16. The Labute approximate surface area is 157 Å². The van der Waals surface area contributed by atoms with Crippen LogP contribution < -0.4 is 24.5 Å². The summed E-state index contributed by atoms with van der Waals surface area (Å²) < 4.78 is 23.0. The van der Waals surface area contributed by atoms with Crippen molar-refractivity contribution in [3.8, 4) is 39.9 Å². The van der Waals surface area contributed by atoms with Crippen LogP contribution in [0.3, 0.4) is 0 Å². The van der Waals surface area contributed by atoms with Crippen molar-refractivity contribution in [3.63, 3.8) is 0 Å². The van der Waals surface area contributed by atoms with Gasteiger partial charge in [0.05, 0.1) is 39.8 Å². The van der Waals surface area contributed by atoms with Crippen molar-refractivity contribution >= 4 is 0 Å². The lowest BCUT2D eigenvalue weighted by Gasteiger charge is -2.17. The van der Waals surface area contributed by atoms with Gasteiger partial charge in [0.15, 0.2) is 11.5 Å². The van der Waals surface area contributed by atoms with E-state index in [1.807, 2.05) is 30.3 Å². The van der Waals surface area contributed by atoms with E-state index < -0.39 is 0 Å². The molecule has 0 N–H and O–H groups in total. The average Bonchev–Trinajstić information content (AvgIpc) is 2.72. The van der Waals surface area contributed by atoms with Gasteiger partial charge in [-0.25, -0.2) is 0 Å². The molecule has 0 spiro atoms. The van der Waals surface area contributed by atoms with E-state index in [0.29, 0.717) is 22.9 Å². The Hall–Kier alpha value is -3.41. The summed E-state index contributed by atoms with van der Waals surface area (Å²) >= 11 is 0. The smallest absolute Gasteiger partial charge is 0.255 e. The molecule has 6 nitrogen and oxygen atoms in total. The summed E-state index contributed by atoms with van der Waals surface area (Å²) in [6.45, 7) is 0. The number of hydrogen-bond donors (Lipinski definition) is 0. The molecular formula is C21H21NO5. The molecule has 0 atom stereocenters. The van der Waals surface area contributed by atoms with E-state index in [9.17, 15) is 4.79 Å². The molecular weight excluding hydrogens is 346 g/mol. The van der Waals surface area contributed by atoms with Crippen molar-refractivity contribution in [3.05, 3.63) is 65.0 Å². The first-order valence-corrected chi connectivity index (χ1v) is 8.29. The van der Waals surface area contributed by atoms with Crippen LogP contribution in [-0.4, -0.2) is 33.0 Å². The van der Waals surface area contributed by atoms with Crippen LogP contribution in [0.5, 0.6) is 23.0 Å². The van der Waals surface area contributed by atoms with Crippen molar-refractivity contribution in [1.29, 1.82) is 0 Å². The second-order valence-corrected chi connectivity index (χ2v) is 5.70. The first-order chi connectivity index (χ1) is 13.1. The van der Waals surface area contributed by atoms with Gasteiger partial charge >= 0.3 is 0 Å². The molecule has 0 bridgehead atoms. The van der Waals surface area contributed by atoms with Gasteiger partial charge in [-0.15, -0.1) is 0 Å². The first kappa shape index (κ1) is 18.4.